The van der Waals surface area contributed by atoms with Gasteiger partial charge in [0.05, 0.1) is 0 Å². The lowest BCUT2D eigenvalue weighted by molar-refractivity contribution is -0.148. The van der Waals surface area contributed by atoms with Crippen molar-refractivity contribution in [2.24, 2.45) is 5.73 Å². The van der Waals surface area contributed by atoms with Crippen molar-refractivity contribution in [1.82, 2.24) is 0 Å². The minimum atomic E-state index is -4.64. The molecule has 0 saturated heterocycles. The van der Waals surface area contributed by atoms with Crippen LogP contribution in [0.25, 0.3) is 0 Å². The van der Waals surface area contributed by atoms with Gasteiger partial charge in [-0.25, -0.2) is 4.79 Å². The normalized spacial score (nSPS) is 9.54. The fourth-order valence-electron chi connectivity index (χ4n) is 0. The first-order chi connectivity index (χ1) is 5.59. The molecule has 0 fully saturated rings. The second kappa shape index (κ2) is 5.12. The Balaban J connectivity index is 0. The van der Waals surface area contributed by atoms with Crippen LogP contribution < -0.4 is 5.73 Å². The minimum absolute atomic E-state index is 0.824. The largest absolute Gasteiger partial charge is 0.476 e. The third-order valence-corrected chi connectivity index (χ3v) is 0.607. The maximum absolute atomic E-state index is 10.8. The molecule has 0 bridgehead atoms. The molecule has 8 heteroatoms. The highest BCUT2D eigenvalue weighted by molar-refractivity contribution is 6.31. The Bertz CT molecular complexity index is 212. The summed E-state index contributed by atoms with van der Waals surface area (Å²) in [6.07, 6.45) is -4.64. The van der Waals surface area contributed by atoms with Crippen molar-refractivity contribution in [3.63, 3.8) is 0 Å². The number of alkyl halides is 3. The van der Waals surface area contributed by atoms with E-state index in [1.54, 1.807) is 0 Å². The molecule has 0 aromatic rings. The topological polar surface area (TPSA) is 104 Å². The molecule has 5 nitrogen and oxygen atoms in total. The number of hydrogen-bond donors (Lipinski definition) is 3. The van der Waals surface area contributed by atoms with Crippen LogP contribution in [-0.2, 0) is 9.59 Å². The zero-order chi connectivity index (χ0) is 11.2. The van der Waals surface area contributed by atoms with E-state index in [4.69, 9.17) is 10.5 Å². The highest BCUT2D eigenvalue weighted by Gasteiger charge is 2.31. The maximum atomic E-state index is 10.8. The molecule has 0 unspecified atom stereocenters. The van der Waals surface area contributed by atoms with Gasteiger partial charge in [-0.3, -0.25) is 10.2 Å². The van der Waals surface area contributed by atoms with Crippen LogP contribution in [0.5, 0.6) is 0 Å². The summed E-state index contributed by atoms with van der Waals surface area (Å²) in [4.78, 5) is 18.9. The molecular formula is C5H7F3N2O3. The Kier molecular flexibility index (Phi) is 5.49. The summed E-state index contributed by atoms with van der Waals surface area (Å²) in [5.74, 6) is -3.96. The Labute approximate surface area is 70.8 Å². The Hall–Kier alpha value is -1.60. The summed E-state index contributed by atoms with van der Waals surface area (Å²) >= 11 is 0. The molecule has 4 N–H and O–H groups in total. The Morgan fingerprint density at radius 2 is 1.54 bits per heavy atom. The average Bonchev–Trinajstić information content (AvgIpc) is 1.86. The van der Waals surface area contributed by atoms with Gasteiger partial charge in [0.25, 0.3) is 0 Å². The fraction of sp³-hybridized carbons (Fsp3) is 0.400. The van der Waals surface area contributed by atoms with Crippen LogP contribution in [0.2, 0.25) is 0 Å². The molecule has 0 heterocycles. The number of carbonyl (C=O) groups is 2. The summed E-state index contributed by atoms with van der Waals surface area (Å²) in [7, 11) is 0. The first kappa shape index (κ1) is 14.0. The summed E-state index contributed by atoms with van der Waals surface area (Å²) in [6.45, 7) is 1.00. The van der Waals surface area contributed by atoms with Crippen LogP contribution in [0.3, 0.4) is 0 Å². The van der Waals surface area contributed by atoms with Crippen LogP contribution in [0.15, 0.2) is 0 Å². The molecular weight excluding hydrogens is 193 g/mol. The van der Waals surface area contributed by atoms with Gasteiger partial charge >= 0.3 is 12.1 Å². The number of hydrogen-bond acceptors (Lipinski definition) is 3. The zero-order valence-corrected chi connectivity index (χ0v) is 6.47. The lowest BCUT2D eigenvalue weighted by Crippen LogP contribution is -2.29. The van der Waals surface area contributed by atoms with Crippen molar-refractivity contribution >= 4 is 17.6 Å². The molecule has 0 aliphatic carbocycles. The number of halogens is 3. The molecule has 0 saturated carbocycles. The van der Waals surface area contributed by atoms with E-state index in [0.29, 0.717) is 0 Å². The van der Waals surface area contributed by atoms with Crippen LogP contribution in [0.4, 0.5) is 13.2 Å². The number of rotatable bonds is 1. The van der Waals surface area contributed by atoms with Crippen LogP contribution in [-0.4, -0.2) is 28.9 Å². The number of nitrogens with one attached hydrogen (secondary N) is 1. The number of ketones is 1. The summed E-state index contributed by atoms with van der Waals surface area (Å²) < 4.78 is 32.5. The minimum Gasteiger partial charge on any atom is -0.476 e. The third-order valence-electron chi connectivity index (χ3n) is 0.607. The molecule has 0 aliphatic heterocycles. The van der Waals surface area contributed by atoms with Gasteiger partial charge in [-0.2, -0.15) is 13.2 Å². The van der Waals surface area contributed by atoms with E-state index in [9.17, 15) is 22.8 Å². The molecule has 76 valence electrons. The average molecular weight is 200 g/mol. The van der Waals surface area contributed by atoms with E-state index in [-0.39, 0.29) is 0 Å². The van der Waals surface area contributed by atoms with Crippen molar-refractivity contribution in [3.05, 3.63) is 0 Å². The first-order valence-corrected chi connectivity index (χ1v) is 2.74. The molecule has 0 rings (SSSR count). The number of Topliss-reactive ketones (excluding diaryl/α,β-unsaturated/α-hetero) is 1. The summed E-state index contributed by atoms with van der Waals surface area (Å²) in [5, 5.41) is 13.4. The monoisotopic (exact) mass is 200 g/mol. The molecule has 0 aromatic carbocycles. The zero-order valence-electron chi connectivity index (χ0n) is 6.47. The maximum Gasteiger partial charge on any atom is 0.448 e. The van der Waals surface area contributed by atoms with Crippen molar-refractivity contribution in [3.8, 4) is 0 Å². The second-order valence-corrected chi connectivity index (χ2v) is 1.77. The van der Waals surface area contributed by atoms with Gasteiger partial charge in [-0.1, -0.05) is 0 Å². The Morgan fingerprint density at radius 1 is 1.38 bits per heavy atom. The molecule has 0 spiro atoms. The van der Waals surface area contributed by atoms with E-state index in [1.165, 1.54) is 0 Å². The predicted molar refractivity (Wildman–Crippen MR) is 36.3 cm³/mol. The summed E-state index contributed by atoms with van der Waals surface area (Å²) in [5.41, 5.74) is 4.03. The quantitative estimate of drug-likeness (QED) is 0.318. The van der Waals surface area contributed by atoms with Gasteiger partial charge in [0, 0.05) is 6.92 Å². The van der Waals surface area contributed by atoms with Gasteiger partial charge in [-0.05, 0) is 0 Å². The van der Waals surface area contributed by atoms with Gasteiger partial charge in [0.2, 0.25) is 5.78 Å². The van der Waals surface area contributed by atoms with Gasteiger partial charge in [0.1, 0.15) is 0 Å². The Morgan fingerprint density at radius 3 is 1.54 bits per heavy atom. The highest BCUT2D eigenvalue weighted by Crippen LogP contribution is 2.12. The molecule has 0 amide bonds. The standard InChI is InChI=1S/C3H4O3.C2H3F3N2/c1-2(4)3(5)6;3-2(4,5)1(6)7/h1H3,(H,5,6);(H3,6,7). The molecule has 0 aliphatic rings. The number of amidine groups is 1. The van der Waals surface area contributed by atoms with Crippen molar-refractivity contribution in [2.75, 3.05) is 0 Å². The van der Waals surface area contributed by atoms with Crippen LogP contribution in [0.1, 0.15) is 6.92 Å². The number of nitrogens with two attached hydrogens (primary N) is 1. The van der Waals surface area contributed by atoms with E-state index < -0.39 is 23.8 Å². The fourth-order valence-corrected chi connectivity index (χ4v) is 0. The number of aliphatic carboxylic acids is 1. The molecule has 0 atom stereocenters. The van der Waals surface area contributed by atoms with Crippen molar-refractivity contribution < 1.29 is 27.9 Å². The van der Waals surface area contributed by atoms with Crippen LogP contribution >= 0.6 is 0 Å². The van der Waals surface area contributed by atoms with E-state index in [2.05, 4.69) is 5.73 Å². The van der Waals surface area contributed by atoms with Gasteiger partial charge in [-0.15, -0.1) is 0 Å². The number of carbonyl (C=O) groups excluding carboxylic acids is 1. The van der Waals surface area contributed by atoms with Crippen molar-refractivity contribution in [1.29, 1.82) is 5.41 Å². The molecule has 0 radical (unpaired) electrons. The highest BCUT2D eigenvalue weighted by atomic mass is 19.4. The SMILES string of the molecule is CC(=O)C(=O)O.N=C(N)C(F)(F)F. The van der Waals surface area contributed by atoms with E-state index in [0.717, 1.165) is 6.92 Å². The predicted octanol–water partition coefficient (Wildman–Crippen LogP) is 0.145. The first-order valence-electron chi connectivity index (χ1n) is 2.74. The number of carboxylic acids is 1. The van der Waals surface area contributed by atoms with Crippen LogP contribution in [0, 0.1) is 5.41 Å². The van der Waals surface area contributed by atoms with E-state index >= 15 is 0 Å². The molecule has 0 aromatic heterocycles. The second-order valence-electron chi connectivity index (χ2n) is 1.77. The van der Waals surface area contributed by atoms with Gasteiger partial charge in [0.15, 0.2) is 5.84 Å². The third kappa shape index (κ3) is 10.4. The van der Waals surface area contributed by atoms with E-state index in [1.807, 2.05) is 0 Å². The van der Waals surface area contributed by atoms with Crippen molar-refractivity contribution in [2.45, 2.75) is 13.1 Å². The number of carboxylic acid groups (broad SMARTS) is 1. The van der Waals surface area contributed by atoms with Gasteiger partial charge < -0.3 is 10.8 Å². The lowest BCUT2D eigenvalue weighted by Gasteiger charge is -1.98. The smallest absolute Gasteiger partial charge is 0.448 e. The summed E-state index contributed by atoms with van der Waals surface area (Å²) in [6, 6.07) is 0. The molecule has 13 heavy (non-hydrogen) atoms. The lowest BCUT2D eigenvalue weighted by atomic mass is 10.5.